The predicted molar refractivity (Wildman–Crippen MR) is 103 cm³/mol. The van der Waals surface area contributed by atoms with Crippen LogP contribution < -0.4 is 0 Å². The molecule has 0 spiro atoms. The van der Waals surface area contributed by atoms with Crippen molar-refractivity contribution in [2.24, 2.45) is 0 Å². The lowest BCUT2D eigenvalue weighted by atomic mass is 9.96. The van der Waals surface area contributed by atoms with Crippen molar-refractivity contribution in [1.82, 2.24) is 19.9 Å². The van der Waals surface area contributed by atoms with E-state index < -0.39 is 0 Å². The van der Waals surface area contributed by atoms with E-state index in [2.05, 4.69) is 74.1 Å². The number of H-pyrrole nitrogens is 2. The Kier molecular flexibility index (Phi) is 3.83. The fraction of sp³-hybridized carbons (Fsp3) is 0.333. The Labute approximate surface area is 147 Å². The Balaban J connectivity index is 1.58. The molecule has 4 aromatic rings. The third-order valence-corrected chi connectivity index (χ3v) is 5.11. The normalized spacial score (nSPS) is 14.2. The van der Waals surface area contributed by atoms with Gasteiger partial charge in [0, 0.05) is 11.8 Å². The van der Waals surface area contributed by atoms with E-state index in [4.69, 9.17) is 9.97 Å². The number of nitrogens with one attached hydrogen (secondary N) is 2. The monoisotopic (exact) mass is 332 g/mol. The Bertz CT molecular complexity index is 957. The summed E-state index contributed by atoms with van der Waals surface area (Å²) in [4.78, 5) is 16.6. The number of rotatable bonds is 4. The zero-order valence-electron chi connectivity index (χ0n) is 15.2. The van der Waals surface area contributed by atoms with Gasteiger partial charge in [0.25, 0.3) is 0 Å². The van der Waals surface area contributed by atoms with Crippen molar-refractivity contribution in [3.05, 3.63) is 59.2 Å². The maximum Gasteiger partial charge on any atom is 0.110 e. The van der Waals surface area contributed by atoms with Gasteiger partial charge in [0.15, 0.2) is 0 Å². The summed E-state index contributed by atoms with van der Waals surface area (Å²) in [6.45, 7) is 8.68. The first kappa shape index (κ1) is 15.9. The largest absolute Gasteiger partial charge is 0.342 e. The minimum Gasteiger partial charge on any atom is -0.342 e. The van der Waals surface area contributed by atoms with Gasteiger partial charge in [-0.05, 0) is 43.5 Å². The molecular weight excluding hydrogens is 308 g/mol. The summed E-state index contributed by atoms with van der Waals surface area (Å²) >= 11 is 0. The molecule has 2 aromatic heterocycles. The summed E-state index contributed by atoms with van der Waals surface area (Å²) < 4.78 is 0. The quantitative estimate of drug-likeness (QED) is 0.529. The highest BCUT2D eigenvalue weighted by Gasteiger charge is 2.19. The molecule has 0 saturated heterocycles. The summed E-state index contributed by atoms with van der Waals surface area (Å²) in [6, 6.07) is 12.6. The average Bonchev–Trinajstić information content (AvgIpc) is 3.20. The van der Waals surface area contributed by atoms with E-state index >= 15 is 0 Å². The molecule has 2 aromatic carbocycles. The van der Waals surface area contributed by atoms with Crippen LogP contribution >= 0.6 is 0 Å². The standard InChI is InChI=1S/C21H24N4/c1-12-7-5-9-16-18(12)24-20(22-16)14(3)11-15(4)21-23-17-10-6-8-13(2)19(17)25-21/h5-10,14-15H,11H2,1-4H3,(H,22,24)(H,23,25). The molecule has 0 aliphatic rings. The summed E-state index contributed by atoms with van der Waals surface area (Å²) in [6.07, 6.45) is 0.998. The van der Waals surface area contributed by atoms with Crippen LogP contribution in [0.2, 0.25) is 0 Å². The fourth-order valence-electron chi connectivity index (χ4n) is 3.61. The van der Waals surface area contributed by atoms with Gasteiger partial charge in [0.1, 0.15) is 11.6 Å². The second-order valence-corrected chi connectivity index (χ2v) is 7.22. The molecule has 4 heteroatoms. The van der Waals surface area contributed by atoms with Gasteiger partial charge in [0.2, 0.25) is 0 Å². The second kappa shape index (κ2) is 6.03. The molecule has 0 radical (unpaired) electrons. The van der Waals surface area contributed by atoms with Gasteiger partial charge in [-0.2, -0.15) is 0 Å². The Hall–Kier alpha value is -2.62. The van der Waals surface area contributed by atoms with Gasteiger partial charge in [-0.15, -0.1) is 0 Å². The van der Waals surface area contributed by atoms with Crippen molar-refractivity contribution in [3.63, 3.8) is 0 Å². The first-order valence-corrected chi connectivity index (χ1v) is 8.93. The number of nitrogens with zero attached hydrogens (tertiary/aromatic N) is 2. The molecule has 2 N–H and O–H groups in total. The van der Waals surface area contributed by atoms with Crippen molar-refractivity contribution >= 4 is 22.1 Å². The summed E-state index contributed by atoms with van der Waals surface area (Å²) in [5.41, 5.74) is 6.83. The molecule has 4 rings (SSSR count). The maximum atomic E-state index is 4.83. The van der Waals surface area contributed by atoms with E-state index in [9.17, 15) is 0 Å². The highest BCUT2D eigenvalue weighted by molar-refractivity contribution is 5.79. The van der Waals surface area contributed by atoms with Crippen molar-refractivity contribution in [2.45, 2.75) is 46.0 Å². The zero-order valence-corrected chi connectivity index (χ0v) is 15.2. The van der Waals surface area contributed by atoms with E-state index in [-0.39, 0.29) is 0 Å². The van der Waals surface area contributed by atoms with E-state index in [1.54, 1.807) is 0 Å². The number of fused-ring (bicyclic) bond motifs is 2. The lowest BCUT2D eigenvalue weighted by molar-refractivity contribution is 0.557. The molecule has 2 heterocycles. The number of hydrogen-bond donors (Lipinski definition) is 2. The van der Waals surface area contributed by atoms with Crippen LogP contribution in [-0.4, -0.2) is 19.9 Å². The van der Waals surface area contributed by atoms with E-state index in [1.165, 1.54) is 11.1 Å². The summed E-state index contributed by atoms with van der Waals surface area (Å²) in [5, 5.41) is 0. The highest BCUT2D eigenvalue weighted by Crippen LogP contribution is 2.30. The van der Waals surface area contributed by atoms with Crippen LogP contribution in [0, 0.1) is 13.8 Å². The molecule has 2 atom stereocenters. The highest BCUT2D eigenvalue weighted by atomic mass is 14.9. The first-order chi connectivity index (χ1) is 12.0. The fourth-order valence-corrected chi connectivity index (χ4v) is 3.61. The molecule has 0 saturated carbocycles. The lowest BCUT2D eigenvalue weighted by Crippen LogP contribution is -2.04. The maximum absolute atomic E-state index is 4.83. The smallest absolute Gasteiger partial charge is 0.110 e. The third kappa shape index (κ3) is 2.82. The minimum absolute atomic E-state index is 0.344. The Morgan fingerprint density at radius 1 is 0.760 bits per heavy atom. The number of hydrogen-bond acceptors (Lipinski definition) is 2. The zero-order chi connectivity index (χ0) is 17.6. The van der Waals surface area contributed by atoms with Crippen LogP contribution in [0.1, 0.15) is 54.9 Å². The van der Waals surface area contributed by atoms with Gasteiger partial charge in [-0.25, -0.2) is 9.97 Å². The summed E-state index contributed by atoms with van der Waals surface area (Å²) in [7, 11) is 0. The number of imidazole rings is 2. The van der Waals surface area contributed by atoms with Crippen LogP contribution in [-0.2, 0) is 0 Å². The Morgan fingerprint density at radius 2 is 1.20 bits per heavy atom. The SMILES string of the molecule is Cc1cccc2[nH]c(C(C)CC(C)c3nc4c(C)cccc4[nH]3)nc12. The minimum atomic E-state index is 0.344. The van der Waals surface area contributed by atoms with Crippen LogP contribution in [0.15, 0.2) is 36.4 Å². The van der Waals surface area contributed by atoms with Crippen molar-refractivity contribution in [2.75, 3.05) is 0 Å². The van der Waals surface area contributed by atoms with Crippen LogP contribution in [0.3, 0.4) is 0 Å². The molecule has 128 valence electrons. The molecule has 0 fully saturated rings. The van der Waals surface area contributed by atoms with Crippen LogP contribution in [0.25, 0.3) is 22.1 Å². The number of para-hydroxylation sites is 2. The first-order valence-electron chi connectivity index (χ1n) is 8.93. The third-order valence-electron chi connectivity index (χ3n) is 5.11. The molecule has 0 bridgehead atoms. The van der Waals surface area contributed by atoms with Gasteiger partial charge in [-0.1, -0.05) is 38.1 Å². The van der Waals surface area contributed by atoms with Gasteiger partial charge < -0.3 is 9.97 Å². The second-order valence-electron chi connectivity index (χ2n) is 7.22. The topological polar surface area (TPSA) is 57.4 Å². The lowest BCUT2D eigenvalue weighted by Gasteiger charge is -2.13. The number of aryl methyl sites for hydroxylation is 2. The Morgan fingerprint density at radius 3 is 1.60 bits per heavy atom. The molecule has 25 heavy (non-hydrogen) atoms. The molecule has 0 aliphatic heterocycles. The van der Waals surface area contributed by atoms with Gasteiger partial charge in [-0.3, -0.25) is 0 Å². The molecule has 2 unspecified atom stereocenters. The summed E-state index contributed by atoms with van der Waals surface area (Å²) in [5.74, 6) is 2.80. The van der Waals surface area contributed by atoms with Crippen molar-refractivity contribution in [3.8, 4) is 0 Å². The van der Waals surface area contributed by atoms with Crippen molar-refractivity contribution < 1.29 is 0 Å². The van der Waals surface area contributed by atoms with Gasteiger partial charge in [0.05, 0.1) is 22.1 Å². The van der Waals surface area contributed by atoms with Crippen molar-refractivity contribution in [1.29, 1.82) is 0 Å². The van der Waals surface area contributed by atoms with E-state index in [0.29, 0.717) is 11.8 Å². The number of benzene rings is 2. The molecule has 0 aliphatic carbocycles. The van der Waals surface area contributed by atoms with Gasteiger partial charge >= 0.3 is 0 Å². The van der Waals surface area contributed by atoms with E-state index in [0.717, 1.165) is 40.1 Å². The molecular formula is C21H24N4. The van der Waals surface area contributed by atoms with Crippen LogP contribution in [0.4, 0.5) is 0 Å². The predicted octanol–water partition coefficient (Wildman–Crippen LogP) is 5.35. The van der Waals surface area contributed by atoms with E-state index in [1.807, 2.05) is 0 Å². The van der Waals surface area contributed by atoms with Crippen LogP contribution in [0.5, 0.6) is 0 Å². The molecule has 4 nitrogen and oxygen atoms in total. The number of aromatic nitrogens is 4. The average molecular weight is 332 g/mol. The number of aromatic amines is 2. The molecule has 0 amide bonds.